The highest BCUT2D eigenvalue weighted by Crippen LogP contribution is 2.45. The maximum absolute atomic E-state index is 13.0. The molecule has 0 aromatic rings. The van der Waals surface area contributed by atoms with E-state index < -0.39 is 97.5 Å². The number of carbonyl (C=O) groups excluding carboxylic acids is 4. The highest BCUT2D eigenvalue weighted by Gasteiger charge is 2.30. The van der Waals surface area contributed by atoms with Crippen LogP contribution in [0.3, 0.4) is 0 Å². The van der Waals surface area contributed by atoms with E-state index in [4.69, 9.17) is 37.0 Å². The quantitative estimate of drug-likeness (QED) is 0.0222. The first-order valence-corrected chi connectivity index (χ1v) is 37.6. The van der Waals surface area contributed by atoms with Crippen molar-refractivity contribution in [2.45, 2.75) is 355 Å². The topological polar surface area (TPSA) is 237 Å². The molecule has 0 aliphatic heterocycles. The van der Waals surface area contributed by atoms with E-state index in [2.05, 4.69) is 34.6 Å². The molecular weight excluding hydrogens is 1130 g/mol. The summed E-state index contributed by atoms with van der Waals surface area (Å²) in [6, 6.07) is 0. The lowest BCUT2D eigenvalue weighted by molar-refractivity contribution is -0.161. The number of rotatable bonds is 66. The van der Waals surface area contributed by atoms with Crippen LogP contribution in [0.4, 0.5) is 0 Å². The van der Waals surface area contributed by atoms with Gasteiger partial charge in [-0.1, -0.05) is 285 Å². The summed E-state index contributed by atoms with van der Waals surface area (Å²) in [6.07, 6.45) is 44.4. The Kier molecular flexibility index (Phi) is 58.3. The number of aliphatic hydroxyl groups is 1. The molecule has 0 aliphatic rings. The van der Waals surface area contributed by atoms with Crippen LogP contribution in [-0.2, 0) is 65.4 Å². The Bertz CT molecular complexity index is 1650. The largest absolute Gasteiger partial charge is 0.472 e. The second kappa shape index (κ2) is 59.7. The molecule has 0 rings (SSSR count). The molecule has 0 saturated carbocycles. The minimum absolute atomic E-state index is 0.106. The SMILES string of the molecule is CCCCCCCCCCCCCCCCC(=O)OC[C@H](COP(=O)(O)OC[C@@H](O)COP(=O)(O)OC[C@@H](COC(=O)CCCCCCCCC)OC(=O)CCCCCCCCCCCC)OC(=O)CCCCCCCCCCCCCC(C)C. The third-order valence-corrected chi connectivity index (χ3v) is 17.2. The zero-order valence-corrected chi connectivity index (χ0v) is 56.5. The number of phosphoric ester groups is 2. The van der Waals surface area contributed by atoms with Gasteiger partial charge in [0.15, 0.2) is 12.2 Å². The van der Waals surface area contributed by atoms with Gasteiger partial charge in [-0.3, -0.25) is 37.3 Å². The molecule has 0 spiro atoms. The summed E-state index contributed by atoms with van der Waals surface area (Å²) >= 11 is 0. The van der Waals surface area contributed by atoms with Crippen LogP contribution >= 0.6 is 15.6 Å². The summed E-state index contributed by atoms with van der Waals surface area (Å²) in [5.41, 5.74) is 0. The molecule has 0 fully saturated rings. The summed E-state index contributed by atoms with van der Waals surface area (Å²) in [7, 11) is -9.88. The Morgan fingerprint density at radius 3 is 0.800 bits per heavy atom. The lowest BCUT2D eigenvalue weighted by atomic mass is 10.0. The second-order valence-electron chi connectivity index (χ2n) is 24.3. The molecule has 5 atom stereocenters. The molecule has 19 heteroatoms. The Morgan fingerprint density at radius 2 is 0.541 bits per heavy atom. The van der Waals surface area contributed by atoms with Crippen molar-refractivity contribution >= 4 is 39.5 Å². The van der Waals surface area contributed by atoms with E-state index in [1.807, 2.05) is 0 Å². The van der Waals surface area contributed by atoms with E-state index in [1.165, 1.54) is 148 Å². The van der Waals surface area contributed by atoms with Crippen LogP contribution in [0.15, 0.2) is 0 Å². The van der Waals surface area contributed by atoms with Crippen molar-refractivity contribution in [3.8, 4) is 0 Å². The number of carbonyl (C=O) groups is 4. The molecule has 0 heterocycles. The third kappa shape index (κ3) is 60.7. The smallest absolute Gasteiger partial charge is 0.462 e. The van der Waals surface area contributed by atoms with Crippen molar-refractivity contribution in [2.75, 3.05) is 39.6 Å². The number of hydrogen-bond acceptors (Lipinski definition) is 15. The highest BCUT2D eigenvalue weighted by atomic mass is 31.2. The maximum atomic E-state index is 13.0. The van der Waals surface area contributed by atoms with Crippen LogP contribution in [0.1, 0.15) is 336 Å². The van der Waals surface area contributed by atoms with Gasteiger partial charge >= 0.3 is 39.5 Å². The molecule has 0 bridgehead atoms. The van der Waals surface area contributed by atoms with Gasteiger partial charge in [-0.2, -0.15) is 0 Å². The molecule has 2 unspecified atom stereocenters. The van der Waals surface area contributed by atoms with Crippen LogP contribution in [0.5, 0.6) is 0 Å². The molecular formula is C66H128O17P2. The molecule has 0 radical (unpaired) electrons. The molecule has 17 nitrogen and oxygen atoms in total. The predicted octanol–water partition coefficient (Wildman–Crippen LogP) is 18.6. The lowest BCUT2D eigenvalue weighted by Crippen LogP contribution is -2.30. The molecule has 85 heavy (non-hydrogen) atoms. The van der Waals surface area contributed by atoms with Gasteiger partial charge in [0, 0.05) is 25.7 Å². The van der Waals surface area contributed by atoms with Gasteiger partial charge in [-0.25, -0.2) is 9.13 Å². The van der Waals surface area contributed by atoms with Gasteiger partial charge in [0.25, 0.3) is 0 Å². The fourth-order valence-electron chi connectivity index (χ4n) is 9.94. The molecule has 0 amide bonds. The summed E-state index contributed by atoms with van der Waals surface area (Å²) in [5, 5.41) is 10.5. The number of hydrogen-bond donors (Lipinski definition) is 3. The number of aliphatic hydroxyl groups excluding tert-OH is 1. The van der Waals surface area contributed by atoms with E-state index in [-0.39, 0.29) is 25.7 Å². The monoisotopic (exact) mass is 1250 g/mol. The van der Waals surface area contributed by atoms with Crippen molar-refractivity contribution in [2.24, 2.45) is 5.92 Å². The van der Waals surface area contributed by atoms with E-state index >= 15 is 0 Å². The first kappa shape index (κ1) is 83.1. The van der Waals surface area contributed by atoms with Crippen molar-refractivity contribution in [1.29, 1.82) is 0 Å². The summed E-state index contributed by atoms with van der Waals surface area (Å²) in [4.78, 5) is 72.2. The van der Waals surface area contributed by atoms with Gasteiger partial charge in [0.05, 0.1) is 26.4 Å². The van der Waals surface area contributed by atoms with Crippen molar-refractivity contribution in [1.82, 2.24) is 0 Å². The minimum atomic E-state index is -4.95. The molecule has 3 N–H and O–H groups in total. The van der Waals surface area contributed by atoms with Crippen LogP contribution in [0, 0.1) is 5.92 Å². The Balaban J connectivity index is 5.21. The van der Waals surface area contributed by atoms with E-state index in [0.717, 1.165) is 109 Å². The van der Waals surface area contributed by atoms with Gasteiger partial charge in [-0.05, 0) is 31.6 Å². The third-order valence-electron chi connectivity index (χ3n) is 15.3. The summed E-state index contributed by atoms with van der Waals surface area (Å²) in [6.45, 7) is 7.17. The zero-order chi connectivity index (χ0) is 62.8. The van der Waals surface area contributed by atoms with Crippen molar-refractivity contribution in [3.63, 3.8) is 0 Å². The van der Waals surface area contributed by atoms with Crippen molar-refractivity contribution < 1.29 is 80.2 Å². The van der Waals surface area contributed by atoms with Gasteiger partial charge in [0.1, 0.15) is 19.3 Å². The number of esters is 4. The summed E-state index contributed by atoms with van der Waals surface area (Å²) in [5.74, 6) is -1.37. The number of ether oxygens (including phenoxy) is 4. The maximum Gasteiger partial charge on any atom is 0.472 e. The van der Waals surface area contributed by atoms with Gasteiger partial charge < -0.3 is 33.8 Å². The molecule has 0 saturated heterocycles. The molecule has 0 aromatic carbocycles. The summed E-state index contributed by atoms with van der Waals surface area (Å²) < 4.78 is 68.0. The molecule has 0 aliphatic carbocycles. The second-order valence-corrected chi connectivity index (χ2v) is 27.2. The first-order chi connectivity index (χ1) is 41.0. The van der Waals surface area contributed by atoms with Crippen LogP contribution in [0.25, 0.3) is 0 Å². The number of phosphoric acid groups is 2. The van der Waals surface area contributed by atoms with Crippen LogP contribution in [0.2, 0.25) is 0 Å². The highest BCUT2D eigenvalue weighted by molar-refractivity contribution is 7.47. The lowest BCUT2D eigenvalue weighted by Gasteiger charge is -2.21. The molecule has 504 valence electrons. The van der Waals surface area contributed by atoms with Gasteiger partial charge in [0.2, 0.25) is 0 Å². The van der Waals surface area contributed by atoms with Crippen molar-refractivity contribution in [3.05, 3.63) is 0 Å². The van der Waals surface area contributed by atoms with E-state index in [1.54, 1.807) is 0 Å². The Hall–Kier alpha value is -1.94. The van der Waals surface area contributed by atoms with Gasteiger partial charge in [-0.15, -0.1) is 0 Å². The minimum Gasteiger partial charge on any atom is -0.462 e. The first-order valence-electron chi connectivity index (χ1n) is 34.6. The fraction of sp³-hybridized carbons (Fsp3) is 0.939. The average molecular weight is 1260 g/mol. The predicted molar refractivity (Wildman–Crippen MR) is 340 cm³/mol. The van der Waals surface area contributed by atoms with Crippen LogP contribution in [-0.4, -0.2) is 96.7 Å². The van der Waals surface area contributed by atoms with E-state index in [0.29, 0.717) is 25.7 Å². The fourth-order valence-corrected chi connectivity index (χ4v) is 11.5. The normalized spacial score (nSPS) is 14.2. The Morgan fingerprint density at radius 1 is 0.318 bits per heavy atom. The molecule has 0 aromatic heterocycles. The average Bonchev–Trinajstić information content (AvgIpc) is 3.51. The number of unbranched alkanes of at least 4 members (excludes halogenated alkanes) is 38. The van der Waals surface area contributed by atoms with E-state index in [9.17, 15) is 43.2 Å². The standard InChI is InChI=1S/C66H128O17P2/c1-6-9-12-15-18-20-22-23-24-27-31-35-40-45-50-64(69)77-56-62(83-66(71)52-47-42-37-32-28-25-26-29-34-38-43-48-59(4)5)58-81-85(74,75)79-54-60(67)53-78-84(72,73)80-57-61(55-76-63(68)49-44-39-33-17-14-11-8-3)82-65(70)51-46-41-36-30-21-19-16-13-10-7-2/h59-62,67H,6-58H2,1-5H3,(H,72,73)(H,74,75)/t60-,61+,62+/m0/s1. The Labute approximate surface area is 517 Å². The van der Waals surface area contributed by atoms with Crippen LogP contribution < -0.4 is 0 Å². The zero-order valence-electron chi connectivity index (χ0n) is 54.7.